The molecule has 3 N–H and O–H groups in total. The third kappa shape index (κ3) is 6.01. The van der Waals surface area contributed by atoms with E-state index in [0.717, 1.165) is 22.1 Å². The third-order valence-corrected chi connectivity index (χ3v) is 4.89. The van der Waals surface area contributed by atoms with E-state index in [9.17, 15) is 4.79 Å². The highest BCUT2D eigenvalue weighted by molar-refractivity contribution is 5.95. The Kier molecular flexibility index (Phi) is 9.08. The van der Waals surface area contributed by atoms with Crippen LogP contribution in [0.25, 0.3) is 22.0 Å². The lowest BCUT2D eigenvalue weighted by molar-refractivity contribution is 0.0691. The summed E-state index contributed by atoms with van der Waals surface area (Å²) in [6.45, 7) is 3.88. The van der Waals surface area contributed by atoms with Gasteiger partial charge in [0.15, 0.2) is 0 Å². The molecule has 0 fully saturated rings. The number of ether oxygens (including phenoxy) is 1. The minimum Gasteiger partial charge on any atom is -0.490 e. The van der Waals surface area contributed by atoms with Crippen LogP contribution in [0.5, 0.6) is 5.75 Å². The smallest absolute Gasteiger partial charge is 0.352 e. The number of H-pyrrole nitrogens is 1. The highest BCUT2D eigenvalue weighted by Gasteiger charge is 2.10. The number of benzene rings is 2. The standard InChI is InChI=1S/C24H23N3O3.2ClH/c1-16-5-7-18(8-6-16)20-11-17(14-26-15-20)13-25-9-10-30-22-4-2-3-19-12-21(24(28)29)27-23(19)22;;/h2-8,11-12,14-15,25,27H,9-10,13H2,1H3,(H,28,29);2*1H. The van der Waals surface area contributed by atoms with Gasteiger partial charge >= 0.3 is 5.97 Å². The minimum absolute atomic E-state index is 0. The monoisotopic (exact) mass is 473 g/mol. The van der Waals surface area contributed by atoms with E-state index < -0.39 is 5.97 Å². The van der Waals surface area contributed by atoms with Crippen molar-refractivity contribution in [3.63, 3.8) is 0 Å². The number of aryl methyl sites for hydroxylation is 1. The molecule has 4 aromatic rings. The summed E-state index contributed by atoms with van der Waals surface area (Å²) in [7, 11) is 0. The molecule has 0 aliphatic rings. The molecule has 0 amide bonds. The van der Waals surface area contributed by atoms with Gasteiger partial charge in [0.2, 0.25) is 0 Å². The molecule has 2 aromatic carbocycles. The van der Waals surface area contributed by atoms with Crippen LogP contribution in [0.1, 0.15) is 21.6 Å². The number of rotatable bonds is 8. The van der Waals surface area contributed by atoms with E-state index in [1.165, 1.54) is 5.56 Å². The molecule has 32 heavy (non-hydrogen) atoms. The first kappa shape index (κ1) is 25.2. The number of halogens is 2. The zero-order valence-electron chi connectivity index (χ0n) is 17.5. The number of carbonyl (C=O) groups is 1. The van der Waals surface area contributed by atoms with Gasteiger partial charge in [-0.15, -0.1) is 24.8 Å². The zero-order valence-corrected chi connectivity index (χ0v) is 19.1. The van der Waals surface area contributed by atoms with Crippen LogP contribution in [0.15, 0.2) is 67.0 Å². The lowest BCUT2D eigenvalue weighted by Crippen LogP contribution is -2.20. The number of aromatic amines is 1. The maximum atomic E-state index is 11.2. The average molecular weight is 474 g/mol. The number of hydrogen-bond acceptors (Lipinski definition) is 4. The number of hydrogen-bond donors (Lipinski definition) is 3. The summed E-state index contributed by atoms with van der Waals surface area (Å²) in [5, 5.41) is 13.3. The topological polar surface area (TPSA) is 87.2 Å². The fourth-order valence-corrected chi connectivity index (χ4v) is 3.32. The molecule has 4 rings (SSSR count). The molecule has 0 saturated carbocycles. The number of nitrogens with one attached hydrogen (secondary N) is 2. The molecule has 0 bridgehead atoms. The van der Waals surface area contributed by atoms with Crippen LogP contribution in [-0.4, -0.2) is 34.2 Å². The normalized spacial score (nSPS) is 10.3. The van der Waals surface area contributed by atoms with Crippen molar-refractivity contribution >= 4 is 41.7 Å². The summed E-state index contributed by atoms with van der Waals surface area (Å²) >= 11 is 0. The molecule has 0 aliphatic carbocycles. The second-order valence-electron chi connectivity index (χ2n) is 7.18. The maximum absolute atomic E-state index is 11.2. The van der Waals surface area contributed by atoms with Gasteiger partial charge in [-0.05, 0) is 36.2 Å². The Bertz CT molecular complexity index is 1180. The molecular weight excluding hydrogens is 449 g/mol. The number of fused-ring (bicyclic) bond motifs is 1. The highest BCUT2D eigenvalue weighted by atomic mass is 35.5. The second kappa shape index (κ2) is 11.5. The number of aromatic nitrogens is 2. The van der Waals surface area contributed by atoms with Crippen molar-refractivity contribution in [2.75, 3.05) is 13.2 Å². The van der Waals surface area contributed by atoms with E-state index >= 15 is 0 Å². The van der Waals surface area contributed by atoms with Gasteiger partial charge in [-0.1, -0.05) is 42.0 Å². The maximum Gasteiger partial charge on any atom is 0.352 e. The van der Waals surface area contributed by atoms with Crippen LogP contribution in [0, 0.1) is 6.92 Å². The number of pyridine rings is 1. The van der Waals surface area contributed by atoms with E-state index in [1.54, 1.807) is 6.07 Å². The Morgan fingerprint density at radius 1 is 1.06 bits per heavy atom. The summed E-state index contributed by atoms with van der Waals surface area (Å²) < 4.78 is 5.85. The lowest BCUT2D eigenvalue weighted by Gasteiger charge is -2.09. The number of aromatic carboxylic acids is 1. The Balaban J connectivity index is 0.00000181. The number of nitrogens with zero attached hydrogens (tertiary/aromatic N) is 1. The molecule has 0 unspecified atom stereocenters. The van der Waals surface area contributed by atoms with Gasteiger partial charge in [-0.2, -0.15) is 0 Å². The number of carboxylic acid groups (broad SMARTS) is 1. The molecule has 8 heteroatoms. The molecule has 0 atom stereocenters. The first-order valence-electron chi connectivity index (χ1n) is 9.80. The third-order valence-electron chi connectivity index (χ3n) is 4.89. The van der Waals surface area contributed by atoms with Crippen molar-refractivity contribution in [2.24, 2.45) is 0 Å². The molecule has 6 nitrogen and oxygen atoms in total. The fraction of sp³-hybridized carbons (Fsp3) is 0.167. The fourth-order valence-electron chi connectivity index (χ4n) is 3.32. The van der Waals surface area contributed by atoms with Gasteiger partial charge in [-0.3, -0.25) is 4.98 Å². The molecule has 0 spiro atoms. The summed E-state index contributed by atoms with van der Waals surface area (Å²) in [5.74, 6) is -0.342. The van der Waals surface area contributed by atoms with Crippen LogP contribution in [0.2, 0.25) is 0 Å². The molecular formula is C24H25Cl2N3O3. The largest absolute Gasteiger partial charge is 0.490 e. The van der Waals surface area contributed by atoms with Gasteiger partial charge in [0.25, 0.3) is 0 Å². The summed E-state index contributed by atoms with van der Waals surface area (Å²) in [5.41, 5.74) is 5.44. The number of carboxylic acids is 1. The summed E-state index contributed by atoms with van der Waals surface area (Å²) in [4.78, 5) is 18.4. The first-order chi connectivity index (χ1) is 14.6. The van der Waals surface area contributed by atoms with Gasteiger partial charge < -0.3 is 20.1 Å². The Labute approximate surface area is 198 Å². The van der Waals surface area contributed by atoms with Crippen molar-refractivity contribution in [1.29, 1.82) is 0 Å². The Morgan fingerprint density at radius 2 is 1.84 bits per heavy atom. The van der Waals surface area contributed by atoms with Crippen LogP contribution >= 0.6 is 24.8 Å². The SMILES string of the molecule is Cc1ccc(-c2cncc(CNCCOc3cccc4cc(C(=O)O)[nH]c34)c2)cc1.Cl.Cl. The quantitative estimate of drug-likeness (QED) is 0.304. The second-order valence-corrected chi connectivity index (χ2v) is 7.18. The van der Waals surface area contributed by atoms with Crippen LogP contribution < -0.4 is 10.1 Å². The van der Waals surface area contributed by atoms with Gasteiger partial charge in [0, 0.05) is 36.4 Å². The Morgan fingerprint density at radius 3 is 2.59 bits per heavy atom. The molecule has 2 aromatic heterocycles. The highest BCUT2D eigenvalue weighted by Crippen LogP contribution is 2.25. The van der Waals surface area contributed by atoms with Gasteiger partial charge in [-0.25, -0.2) is 4.79 Å². The minimum atomic E-state index is -0.986. The van der Waals surface area contributed by atoms with Crippen LogP contribution in [0.3, 0.4) is 0 Å². The van der Waals surface area contributed by atoms with Crippen LogP contribution in [-0.2, 0) is 6.54 Å². The van der Waals surface area contributed by atoms with E-state index in [0.29, 0.717) is 31.0 Å². The van der Waals surface area contributed by atoms with Crippen molar-refractivity contribution in [1.82, 2.24) is 15.3 Å². The van der Waals surface area contributed by atoms with E-state index in [4.69, 9.17) is 9.84 Å². The van der Waals surface area contributed by atoms with Crippen molar-refractivity contribution in [3.05, 3.63) is 83.8 Å². The number of para-hydroxylation sites is 1. The van der Waals surface area contributed by atoms with Crippen molar-refractivity contribution < 1.29 is 14.6 Å². The zero-order chi connectivity index (χ0) is 20.9. The summed E-state index contributed by atoms with van der Waals surface area (Å²) in [6, 6.07) is 17.7. The van der Waals surface area contributed by atoms with Crippen molar-refractivity contribution in [2.45, 2.75) is 13.5 Å². The lowest BCUT2D eigenvalue weighted by atomic mass is 10.0. The van der Waals surface area contributed by atoms with Crippen molar-refractivity contribution in [3.8, 4) is 16.9 Å². The molecule has 168 valence electrons. The molecule has 0 saturated heterocycles. The first-order valence-corrected chi connectivity index (χ1v) is 9.80. The van der Waals surface area contributed by atoms with E-state index in [-0.39, 0.29) is 30.5 Å². The Hall–Kier alpha value is -3.06. The molecule has 0 radical (unpaired) electrons. The van der Waals surface area contributed by atoms with E-state index in [2.05, 4.69) is 52.5 Å². The van der Waals surface area contributed by atoms with Crippen LogP contribution in [0.4, 0.5) is 0 Å². The average Bonchev–Trinajstić information content (AvgIpc) is 3.20. The molecule has 2 heterocycles. The summed E-state index contributed by atoms with van der Waals surface area (Å²) in [6.07, 6.45) is 3.73. The van der Waals surface area contributed by atoms with Gasteiger partial charge in [0.05, 0.1) is 5.52 Å². The van der Waals surface area contributed by atoms with Gasteiger partial charge in [0.1, 0.15) is 18.1 Å². The molecule has 0 aliphatic heterocycles. The predicted octanol–water partition coefficient (Wildman–Crippen LogP) is 5.25. The predicted molar refractivity (Wildman–Crippen MR) is 131 cm³/mol. The van der Waals surface area contributed by atoms with E-state index in [1.807, 2.05) is 30.6 Å².